The second-order valence-corrected chi connectivity index (χ2v) is 9.69. The molecule has 0 saturated carbocycles. The lowest BCUT2D eigenvalue weighted by Gasteiger charge is -2.21. The molecule has 0 saturated heterocycles. The third-order valence-corrected chi connectivity index (χ3v) is 6.45. The minimum atomic E-state index is -1.01. The normalized spacial score (nSPS) is 14.0. The molecule has 1 atom stereocenters. The molecule has 1 aromatic carbocycles. The molecule has 0 radical (unpaired) electrons. The van der Waals surface area contributed by atoms with Gasteiger partial charge < -0.3 is 25.8 Å². The van der Waals surface area contributed by atoms with Gasteiger partial charge in [-0.15, -0.1) is 11.3 Å². The van der Waals surface area contributed by atoms with Crippen LogP contribution in [0.5, 0.6) is 0 Å². The van der Waals surface area contributed by atoms with Crippen molar-refractivity contribution in [1.82, 2.24) is 25.4 Å². The Morgan fingerprint density at radius 2 is 1.88 bits per heavy atom. The van der Waals surface area contributed by atoms with E-state index < -0.39 is 30.2 Å². The molecule has 3 rings (SSSR count). The van der Waals surface area contributed by atoms with Crippen molar-refractivity contribution in [3.05, 3.63) is 44.9 Å². The number of hydrogen-bond acceptors (Lipinski definition) is 7. The van der Waals surface area contributed by atoms with E-state index in [-0.39, 0.29) is 17.5 Å². The molecule has 1 aromatic heterocycles. The zero-order chi connectivity index (χ0) is 24.8. The van der Waals surface area contributed by atoms with Crippen LogP contribution in [0.1, 0.15) is 26.8 Å². The summed E-state index contributed by atoms with van der Waals surface area (Å²) in [5.41, 5.74) is 1.41. The molecule has 12 heteroatoms. The van der Waals surface area contributed by atoms with E-state index in [9.17, 15) is 19.2 Å². The lowest BCUT2D eigenvalue weighted by atomic mass is 10.2. The number of carbonyl (C=O) groups excluding carboxylic acids is 4. The van der Waals surface area contributed by atoms with E-state index in [1.807, 2.05) is 7.05 Å². The summed E-state index contributed by atoms with van der Waals surface area (Å²) in [7, 11) is 5.12. The molecule has 3 N–H and O–H groups in total. The molecule has 1 unspecified atom stereocenters. The quantitative estimate of drug-likeness (QED) is 0.461. The summed E-state index contributed by atoms with van der Waals surface area (Å²) in [6.07, 6.45) is 0.329. The molecule has 1 aliphatic heterocycles. The Morgan fingerprint density at radius 1 is 1.18 bits per heavy atom. The van der Waals surface area contributed by atoms with Gasteiger partial charge in [0.25, 0.3) is 5.91 Å². The number of amides is 4. The summed E-state index contributed by atoms with van der Waals surface area (Å²) in [6.45, 7) is 1.44. The second-order valence-electron chi connectivity index (χ2n) is 8.17. The van der Waals surface area contributed by atoms with E-state index in [0.29, 0.717) is 10.7 Å². The highest BCUT2D eigenvalue weighted by molar-refractivity contribution is 7.13. The van der Waals surface area contributed by atoms with Gasteiger partial charge in [0.2, 0.25) is 17.7 Å². The second kappa shape index (κ2) is 11.4. The van der Waals surface area contributed by atoms with Gasteiger partial charge >= 0.3 is 0 Å². The van der Waals surface area contributed by atoms with E-state index >= 15 is 0 Å². The van der Waals surface area contributed by atoms with E-state index in [0.717, 1.165) is 30.1 Å². The number of anilines is 1. The first-order chi connectivity index (χ1) is 16.1. The average Bonchev–Trinajstić information content (AvgIpc) is 3.20. The molecular formula is C22H27ClN6O4S. The van der Waals surface area contributed by atoms with Crippen LogP contribution >= 0.6 is 22.9 Å². The molecule has 0 bridgehead atoms. The predicted molar refractivity (Wildman–Crippen MR) is 130 cm³/mol. The smallest absolute Gasteiger partial charge is 0.280 e. The minimum absolute atomic E-state index is 0.163. The number of nitrogens with zero attached hydrogens (tertiary/aromatic N) is 3. The lowest BCUT2D eigenvalue weighted by Crippen LogP contribution is -2.52. The summed E-state index contributed by atoms with van der Waals surface area (Å²) in [5.74, 6) is -1.96. The van der Waals surface area contributed by atoms with Crippen LogP contribution in [-0.2, 0) is 27.3 Å². The number of nitrogens with one attached hydrogen (secondary N) is 3. The SMILES string of the molecule is CN1CCc2nc(C(=O)NC(CNC(=O)CC(=O)Nc3ccc(Cl)cc3)C(=O)N(C)C)sc2C1. The van der Waals surface area contributed by atoms with Gasteiger partial charge in [0, 0.05) is 55.7 Å². The fourth-order valence-corrected chi connectivity index (χ4v) is 4.53. The Kier molecular flexibility index (Phi) is 8.59. The van der Waals surface area contributed by atoms with Gasteiger partial charge in [0.05, 0.1) is 5.69 Å². The summed E-state index contributed by atoms with van der Waals surface area (Å²) < 4.78 is 0. The van der Waals surface area contributed by atoms with Crippen molar-refractivity contribution < 1.29 is 19.2 Å². The van der Waals surface area contributed by atoms with Crippen molar-refractivity contribution in [1.29, 1.82) is 0 Å². The number of thiazole rings is 1. The maximum Gasteiger partial charge on any atom is 0.280 e. The number of hydrogen-bond donors (Lipinski definition) is 3. The molecule has 0 spiro atoms. The summed E-state index contributed by atoms with van der Waals surface area (Å²) >= 11 is 7.12. The van der Waals surface area contributed by atoms with E-state index in [1.54, 1.807) is 38.4 Å². The number of halogens is 1. The maximum atomic E-state index is 12.8. The Balaban J connectivity index is 1.56. The third-order valence-electron chi connectivity index (χ3n) is 5.11. The molecular weight excluding hydrogens is 480 g/mol. The highest BCUT2D eigenvalue weighted by Gasteiger charge is 2.27. The van der Waals surface area contributed by atoms with E-state index in [4.69, 9.17) is 11.6 Å². The van der Waals surface area contributed by atoms with Crippen LogP contribution in [0.3, 0.4) is 0 Å². The number of fused-ring (bicyclic) bond motifs is 1. The molecule has 2 heterocycles. The number of likely N-dealkylation sites (N-methyl/N-ethyl adjacent to an activating group) is 2. The fraction of sp³-hybridized carbons (Fsp3) is 0.409. The van der Waals surface area contributed by atoms with Gasteiger partial charge in [-0.25, -0.2) is 4.98 Å². The van der Waals surface area contributed by atoms with Crippen LogP contribution in [0, 0.1) is 0 Å². The monoisotopic (exact) mass is 506 g/mol. The summed E-state index contributed by atoms with van der Waals surface area (Å²) in [5, 5.41) is 8.62. The first-order valence-electron chi connectivity index (χ1n) is 10.6. The standard InChI is InChI=1S/C22H27ClN6O4S/c1-28(2)22(33)16(26-20(32)21-27-15-8-9-29(3)12-17(15)34-21)11-24-18(30)10-19(31)25-14-6-4-13(23)5-7-14/h4-7,16H,8-12H2,1-3H3,(H,24,30)(H,25,31)(H,26,32). The molecule has 2 aromatic rings. The lowest BCUT2D eigenvalue weighted by molar-refractivity contribution is -0.130. The molecule has 10 nitrogen and oxygen atoms in total. The van der Waals surface area contributed by atoms with Crippen molar-refractivity contribution in [2.75, 3.05) is 39.5 Å². The molecule has 34 heavy (non-hydrogen) atoms. The molecule has 182 valence electrons. The molecule has 0 fully saturated rings. The maximum absolute atomic E-state index is 12.8. The third kappa shape index (κ3) is 6.99. The first-order valence-corrected chi connectivity index (χ1v) is 11.8. The number of aromatic nitrogens is 1. The largest absolute Gasteiger partial charge is 0.353 e. The van der Waals surface area contributed by atoms with E-state index in [2.05, 4.69) is 25.8 Å². The highest BCUT2D eigenvalue weighted by Crippen LogP contribution is 2.24. The number of benzene rings is 1. The van der Waals surface area contributed by atoms with Crippen LogP contribution in [0.15, 0.2) is 24.3 Å². The van der Waals surface area contributed by atoms with Crippen LogP contribution in [0.25, 0.3) is 0 Å². The van der Waals surface area contributed by atoms with Crippen molar-refractivity contribution in [2.45, 2.75) is 25.4 Å². The number of rotatable bonds is 8. The first kappa shape index (κ1) is 25.6. The average molecular weight is 507 g/mol. The highest BCUT2D eigenvalue weighted by atomic mass is 35.5. The summed E-state index contributed by atoms with van der Waals surface area (Å²) in [4.78, 5) is 58.7. The van der Waals surface area contributed by atoms with Gasteiger partial charge in [-0.05, 0) is 31.3 Å². The zero-order valence-electron chi connectivity index (χ0n) is 19.2. The predicted octanol–water partition coefficient (Wildman–Crippen LogP) is 1.12. The van der Waals surface area contributed by atoms with Crippen molar-refractivity contribution in [3.8, 4) is 0 Å². The number of carbonyl (C=O) groups is 4. The molecule has 1 aliphatic rings. The van der Waals surface area contributed by atoms with Gasteiger partial charge in [0.15, 0.2) is 5.01 Å². The zero-order valence-corrected chi connectivity index (χ0v) is 20.8. The van der Waals surface area contributed by atoms with Crippen LogP contribution in [-0.4, -0.2) is 78.7 Å². The van der Waals surface area contributed by atoms with Crippen LogP contribution in [0.2, 0.25) is 5.02 Å². The topological polar surface area (TPSA) is 124 Å². The van der Waals surface area contributed by atoms with Crippen molar-refractivity contribution in [2.24, 2.45) is 0 Å². The Hall–Kier alpha value is -3.02. The minimum Gasteiger partial charge on any atom is -0.353 e. The van der Waals surface area contributed by atoms with Crippen molar-refractivity contribution in [3.63, 3.8) is 0 Å². The Bertz CT molecular complexity index is 1070. The van der Waals surface area contributed by atoms with E-state index in [1.165, 1.54) is 16.2 Å². The molecule has 4 amide bonds. The Labute approximate surface area is 206 Å². The van der Waals surface area contributed by atoms with Gasteiger partial charge in [-0.1, -0.05) is 11.6 Å². The molecule has 0 aliphatic carbocycles. The Morgan fingerprint density at radius 3 is 2.56 bits per heavy atom. The van der Waals surface area contributed by atoms with Crippen molar-refractivity contribution >= 4 is 52.3 Å². The van der Waals surface area contributed by atoms with Gasteiger partial charge in [-0.2, -0.15) is 0 Å². The van der Waals surface area contributed by atoms with Gasteiger partial charge in [0.1, 0.15) is 12.5 Å². The van der Waals surface area contributed by atoms with Gasteiger partial charge in [-0.3, -0.25) is 19.2 Å². The summed E-state index contributed by atoms with van der Waals surface area (Å²) in [6, 6.07) is 5.47. The fourth-order valence-electron chi connectivity index (χ4n) is 3.31. The van der Waals surface area contributed by atoms with Crippen LogP contribution in [0.4, 0.5) is 5.69 Å². The van der Waals surface area contributed by atoms with Crippen LogP contribution < -0.4 is 16.0 Å².